The Bertz CT molecular complexity index is 915. The zero-order valence-corrected chi connectivity index (χ0v) is 15.7. The number of H-pyrrole nitrogens is 1. The van der Waals surface area contributed by atoms with Crippen LogP contribution in [0.15, 0.2) is 48.7 Å². The maximum absolute atomic E-state index is 11.1. The Morgan fingerprint density at radius 1 is 1.22 bits per heavy atom. The van der Waals surface area contributed by atoms with E-state index in [0.717, 1.165) is 37.3 Å². The van der Waals surface area contributed by atoms with Crippen LogP contribution in [0.25, 0.3) is 10.9 Å². The minimum atomic E-state index is -0.0322. The summed E-state index contributed by atoms with van der Waals surface area (Å²) >= 11 is 0. The molecule has 0 radical (unpaired) electrons. The van der Waals surface area contributed by atoms with E-state index >= 15 is 0 Å². The number of rotatable bonds is 5. The van der Waals surface area contributed by atoms with E-state index in [1.807, 2.05) is 18.3 Å². The highest BCUT2D eigenvalue weighted by molar-refractivity contribution is 5.88. The number of aromatic amines is 1. The minimum absolute atomic E-state index is 0.0322. The molecule has 0 spiro atoms. The van der Waals surface area contributed by atoms with Gasteiger partial charge in [0.1, 0.15) is 0 Å². The third-order valence-electron chi connectivity index (χ3n) is 5.31. The number of likely N-dealkylation sites (tertiary alicyclic amines) is 1. The van der Waals surface area contributed by atoms with E-state index in [9.17, 15) is 4.79 Å². The van der Waals surface area contributed by atoms with Gasteiger partial charge in [0.15, 0.2) is 0 Å². The van der Waals surface area contributed by atoms with Gasteiger partial charge in [0.25, 0.3) is 0 Å². The first kappa shape index (κ1) is 17.7. The Morgan fingerprint density at radius 3 is 2.85 bits per heavy atom. The summed E-state index contributed by atoms with van der Waals surface area (Å²) in [5.74, 6) is 0.664. The van der Waals surface area contributed by atoms with Gasteiger partial charge in [0.05, 0.1) is 11.7 Å². The molecular weight excluding hydrogens is 336 g/mol. The molecule has 1 aliphatic heterocycles. The first-order valence-electron chi connectivity index (χ1n) is 9.66. The Labute approximate surface area is 159 Å². The molecule has 4 rings (SSSR count). The van der Waals surface area contributed by atoms with Crippen molar-refractivity contribution < 1.29 is 4.79 Å². The molecule has 1 saturated heterocycles. The van der Waals surface area contributed by atoms with Gasteiger partial charge in [0, 0.05) is 31.1 Å². The lowest BCUT2D eigenvalue weighted by molar-refractivity contribution is -0.114. The van der Waals surface area contributed by atoms with E-state index < -0.39 is 0 Å². The summed E-state index contributed by atoms with van der Waals surface area (Å²) in [7, 11) is 0. The highest BCUT2D eigenvalue weighted by Crippen LogP contribution is 2.24. The van der Waals surface area contributed by atoms with Crippen molar-refractivity contribution in [2.75, 3.05) is 18.4 Å². The van der Waals surface area contributed by atoms with Crippen LogP contribution in [-0.4, -0.2) is 34.1 Å². The molecule has 0 bridgehead atoms. The van der Waals surface area contributed by atoms with E-state index in [4.69, 9.17) is 0 Å². The number of piperidine rings is 1. The minimum Gasteiger partial charge on any atom is -0.326 e. The number of hydrogen-bond acceptors (Lipinski definition) is 3. The van der Waals surface area contributed by atoms with E-state index in [1.54, 1.807) is 0 Å². The van der Waals surface area contributed by atoms with Crippen molar-refractivity contribution in [3.05, 3.63) is 59.8 Å². The van der Waals surface area contributed by atoms with Crippen molar-refractivity contribution in [1.29, 1.82) is 0 Å². The second-order valence-electron chi connectivity index (χ2n) is 7.62. The first-order chi connectivity index (χ1) is 13.2. The average Bonchev–Trinajstić information content (AvgIpc) is 3.11. The lowest BCUT2D eigenvalue weighted by Crippen LogP contribution is -2.35. The maximum Gasteiger partial charge on any atom is 0.221 e. The molecule has 1 aliphatic rings. The quantitative estimate of drug-likeness (QED) is 0.722. The molecule has 2 aromatic carbocycles. The van der Waals surface area contributed by atoms with Crippen molar-refractivity contribution >= 4 is 22.5 Å². The largest absolute Gasteiger partial charge is 0.326 e. The number of hydrogen-bond donors (Lipinski definition) is 2. The van der Waals surface area contributed by atoms with Gasteiger partial charge in [-0.2, -0.15) is 5.10 Å². The third-order valence-corrected chi connectivity index (χ3v) is 5.31. The zero-order valence-electron chi connectivity index (χ0n) is 15.7. The number of fused-ring (bicyclic) bond motifs is 1. The highest BCUT2D eigenvalue weighted by Gasteiger charge is 2.20. The number of nitrogens with zero attached hydrogens (tertiary/aromatic N) is 2. The highest BCUT2D eigenvalue weighted by atomic mass is 16.1. The molecule has 0 saturated carbocycles. The summed E-state index contributed by atoms with van der Waals surface area (Å²) in [6.07, 6.45) is 5.57. The van der Waals surface area contributed by atoms with Crippen LogP contribution in [0.2, 0.25) is 0 Å². The predicted molar refractivity (Wildman–Crippen MR) is 109 cm³/mol. The van der Waals surface area contributed by atoms with Crippen molar-refractivity contribution in [2.24, 2.45) is 5.92 Å². The number of benzene rings is 2. The van der Waals surface area contributed by atoms with E-state index in [0.29, 0.717) is 5.92 Å². The van der Waals surface area contributed by atoms with Gasteiger partial charge in [-0.3, -0.25) is 14.8 Å². The molecule has 1 atom stereocenters. The van der Waals surface area contributed by atoms with Crippen LogP contribution in [0.3, 0.4) is 0 Å². The number of carbonyl (C=O) groups is 1. The average molecular weight is 362 g/mol. The monoisotopic (exact) mass is 362 g/mol. The number of carbonyl (C=O) groups excluding carboxylic acids is 1. The van der Waals surface area contributed by atoms with Crippen molar-refractivity contribution in [2.45, 2.75) is 32.7 Å². The molecule has 2 N–H and O–H groups in total. The molecule has 1 amide bonds. The van der Waals surface area contributed by atoms with Crippen LogP contribution < -0.4 is 5.32 Å². The number of nitrogens with one attached hydrogen (secondary N) is 2. The molecule has 3 aromatic rings. The van der Waals surface area contributed by atoms with Crippen LogP contribution in [0.5, 0.6) is 0 Å². The fourth-order valence-corrected chi connectivity index (χ4v) is 4.07. The zero-order chi connectivity index (χ0) is 18.6. The van der Waals surface area contributed by atoms with E-state index in [1.165, 1.54) is 36.3 Å². The number of anilines is 1. The first-order valence-corrected chi connectivity index (χ1v) is 9.66. The molecule has 140 valence electrons. The molecule has 5 nitrogen and oxygen atoms in total. The van der Waals surface area contributed by atoms with Crippen molar-refractivity contribution in [1.82, 2.24) is 15.1 Å². The van der Waals surface area contributed by atoms with Crippen molar-refractivity contribution in [3.63, 3.8) is 0 Å². The van der Waals surface area contributed by atoms with Gasteiger partial charge in [-0.1, -0.05) is 18.2 Å². The Kier molecular flexibility index (Phi) is 5.21. The van der Waals surface area contributed by atoms with E-state index in [-0.39, 0.29) is 5.91 Å². The molecule has 0 aliphatic carbocycles. The third kappa shape index (κ3) is 4.55. The lowest BCUT2D eigenvalue weighted by atomic mass is 9.90. The van der Waals surface area contributed by atoms with Gasteiger partial charge < -0.3 is 5.32 Å². The molecule has 5 heteroatoms. The van der Waals surface area contributed by atoms with Crippen LogP contribution in [-0.2, 0) is 17.8 Å². The summed E-state index contributed by atoms with van der Waals surface area (Å²) < 4.78 is 0. The Morgan fingerprint density at radius 2 is 2.04 bits per heavy atom. The van der Waals surface area contributed by atoms with Gasteiger partial charge in [-0.15, -0.1) is 0 Å². The van der Waals surface area contributed by atoms with Crippen molar-refractivity contribution in [3.8, 4) is 0 Å². The standard InChI is InChI=1S/C22H26N4O/c1-16(27)24-21-7-4-17(5-8-21)14-26-10-2-3-19(15-26)11-18-6-9-22-20(12-18)13-23-25-22/h4-9,12-13,19H,2-3,10-11,14-15H2,1H3,(H,23,25)(H,24,27). The maximum atomic E-state index is 11.1. The second-order valence-corrected chi connectivity index (χ2v) is 7.62. The topological polar surface area (TPSA) is 61.0 Å². The predicted octanol–water partition coefficient (Wildman–Crippen LogP) is 3.98. The molecular formula is C22H26N4O. The summed E-state index contributed by atoms with van der Waals surface area (Å²) in [5, 5.41) is 11.1. The lowest BCUT2D eigenvalue weighted by Gasteiger charge is -2.33. The second kappa shape index (κ2) is 7.92. The SMILES string of the molecule is CC(=O)Nc1ccc(CN2CCCC(Cc3ccc4[nH]ncc4c3)C2)cc1. The van der Waals surface area contributed by atoms with Gasteiger partial charge in [0.2, 0.25) is 5.91 Å². The van der Waals surface area contributed by atoms with Crippen LogP contribution >= 0.6 is 0 Å². The summed E-state index contributed by atoms with van der Waals surface area (Å²) in [4.78, 5) is 13.7. The van der Waals surface area contributed by atoms with Gasteiger partial charge in [-0.25, -0.2) is 0 Å². The van der Waals surface area contributed by atoms with Crippen LogP contribution in [0.4, 0.5) is 5.69 Å². The molecule has 2 heterocycles. The fraction of sp³-hybridized carbons (Fsp3) is 0.364. The number of aromatic nitrogens is 2. The summed E-state index contributed by atoms with van der Waals surface area (Å²) in [6, 6.07) is 14.8. The number of amides is 1. The Balaban J connectivity index is 1.35. The van der Waals surface area contributed by atoms with Crippen LogP contribution in [0.1, 0.15) is 30.9 Å². The van der Waals surface area contributed by atoms with Gasteiger partial charge >= 0.3 is 0 Å². The molecule has 1 aromatic heterocycles. The fourth-order valence-electron chi connectivity index (χ4n) is 4.07. The normalized spacial score (nSPS) is 17.9. The molecule has 1 unspecified atom stereocenters. The summed E-state index contributed by atoms with van der Waals surface area (Å²) in [5.41, 5.74) is 4.66. The smallest absolute Gasteiger partial charge is 0.221 e. The van der Waals surface area contributed by atoms with E-state index in [2.05, 4.69) is 50.7 Å². The Hall–Kier alpha value is -2.66. The van der Waals surface area contributed by atoms with Crippen LogP contribution in [0, 0.1) is 5.92 Å². The van der Waals surface area contributed by atoms with Gasteiger partial charge in [-0.05, 0) is 67.1 Å². The molecule has 1 fully saturated rings. The summed E-state index contributed by atoms with van der Waals surface area (Å²) in [6.45, 7) is 4.80. The molecule has 27 heavy (non-hydrogen) atoms.